The number of aldehydes is 1. The molecule has 4 N–H and O–H groups in total. The molecule has 0 saturated carbocycles. The first-order valence-electron chi connectivity index (χ1n) is 7.78. The van der Waals surface area contributed by atoms with Crippen molar-refractivity contribution in [1.82, 2.24) is 5.32 Å². The van der Waals surface area contributed by atoms with Gasteiger partial charge in [-0.2, -0.15) is 0 Å². The molecule has 0 fully saturated rings. The molecule has 0 spiro atoms. The Hall–Kier alpha value is -2.32. The third-order valence-electron chi connectivity index (χ3n) is 3.30. The van der Waals surface area contributed by atoms with Gasteiger partial charge < -0.3 is 30.1 Å². The normalized spacial score (nSPS) is 13.7. The monoisotopic (exact) mass is 355 g/mol. The lowest BCUT2D eigenvalue weighted by atomic mass is 9.97. The first kappa shape index (κ1) is 20.7. The van der Waals surface area contributed by atoms with Gasteiger partial charge in [-0.05, 0) is 44.9 Å². The maximum atomic E-state index is 11.5. The minimum Gasteiger partial charge on any atom is -0.504 e. The van der Waals surface area contributed by atoms with Crippen molar-refractivity contribution in [3.05, 3.63) is 23.3 Å². The predicted molar refractivity (Wildman–Crippen MR) is 89.9 cm³/mol. The Labute approximate surface area is 146 Å². The number of hydrogen-bond acceptors (Lipinski definition) is 7. The summed E-state index contributed by atoms with van der Waals surface area (Å²) in [5, 5.41) is 32.6. The third-order valence-corrected chi connectivity index (χ3v) is 3.30. The topological polar surface area (TPSA) is 125 Å². The van der Waals surface area contributed by atoms with Gasteiger partial charge in [-0.3, -0.25) is 4.79 Å². The van der Waals surface area contributed by atoms with Gasteiger partial charge in [0.2, 0.25) is 0 Å². The summed E-state index contributed by atoms with van der Waals surface area (Å²) in [7, 11) is 1.33. The summed E-state index contributed by atoms with van der Waals surface area (Å²) in [4.78, 5) is 22.7. The zero-order valence-corrected chi connectivity index (χ0v) is 14.8. The van der Waals surface area contributed by atoms with E-state index in [0.717, 1.165) is 6.07 Å². The molecule has 1 aromatic carbocycles. The van der Waals surface area contributed by atoms with Crippen LogP contribution >= 0.6 is 0 Å². The van der Waals surface area contributed by atoms with Crippen molar-refractivity contribution in [1.29, 1.82) is 0 Å². The van der Waals surface area contributed by atoms with Gasteiger partial charge in [-0.15, -0.1) is 0 Å². The molecular formula is C17H25NO7. The van der Waals surface area contributed by atoms with E-state index in [0.29, 0.717) is 6.29 Å². The van der Waals surface area contributed by atoms with Crippen molar-refractivity contribution >= 4 is 12.4 Å². The summed E-state index contributed by atoms with van der Waals surface area (Å²) < 4.78 is 9.95. The molecule has 1 amide bonds. The Morgan fingerprint density at radius 3 is 2.48 bits per heavy atom. The van der Waals surface area contributed by atoms with E-state index in [-0.39, 0.29) is 35.6 Å². The summed E-state index contributed by atoms with van der Waals surface area (Å²) in [5.41, 5.74) is -0.485. The molecular weight excluding hydrogens is 330 g/mol. The SMILES string of the molecule is COc1cc(C=O)c(C(O)C(O)CCNC(=O)OC(C)(C)C)cc1O. The summed E-state index contributed by atoms with van der Waals surface area (Å²) in [6.07, 6.45) is -2.80. The van der Waals surface area contributed by atoms with Gasteiger partial charge in [0.1, 0.15) is 11.7 Å². The number of amides is 1. The second-order valence-electron chi connectivity index (χ2n) is 6.50. The molecule has 0 aliphatic carbocycles. The van der Waals surface area contributed by atoms with Crippen LogP contribution in [0.4, 0.5) is 4.79 Å². The number of rotatable bonds is 7. The molecule has 0 aromatic heterocycles. The van der Waals surface area contributed by atoms with Gasteiger partial charge in [-0.1, -0.05) is 0 Å². The highest BCUT2D eigenvalue weighted by atomic mass is 16.6. The first-order valence-corrected chi connectivity index (χ1v) is 7.78. The minimum absolute atomic E-state index is 0.0193. The molecule has 2 atom stereocenters. The van der Waals surface area contributed by atoms with Gasteiger partial charge in [0.05, 0.1) is 13.2 Å². The molecule has 0 radical (unpaired) electrons. The molecule has 1 rings (SSSR count). The van der Waals surface area contributed by atoms with Crippen LogP contribution in [0.1, 0.15) is 49.2 Å². The zero-order chi connectivity index (χ0) is 19.2. The van der Waals surface area contributed by atoms with Gasteiger partial charge in [0, 0.05) is 12.1 Å². The molecule has 0 saturated heterocycles. The first-order chi connectivity index (χ1) is 11.6. The van der Waals surface area contributed by atoms with E-state index < -0.39 is 23.9 Å². The molecule has 0 aliphatic heterocycles. The number of nitrogens with one attached hydrogen (secondary N) is 1. The summed E-state index contributed by atoms with van der Waals surface area (Å²) in [5.74, 6) is -0.180. The Morgan fingerprint density at radius 1 is 1.32 bits per heavy atom. The fraction of sp³-hybridized carbons (Fsp3) is 0.529. The minimum atomic E-state index is -1.42. The molecule has 2 unspecified atom stereocenters. The molecule has 0 heterocycles. The van der Waals surface area contributed by atoms with Crippen molar-refractivity contribution in [2.24, 2.45) is 0 Å². The number of alkyl carbamates (subject to hydrolysis) is 1. The Morgan fingerprint density at radius 2 is 1.96 bits per heavy atom. The lowest BCUT2D eigenvalue weighted by molar-refractivity contribution is 0.0119. The van der Waals surface area contributed by atoms with E-state index in [1.807, 2.05) is 0 Å². The van der Waals surface area contributed by atoms with Crippen molar-refractivity contribution in [3.63, 3.8) is 0 Å². The Kier molecular flexibility index (Phi) is 7.20. The maximum Gasteiger partial charge on any atom is 0.407 e. The van der Waals surface area contributed by atoms with Gasteiger partial charge in [0.15, 0.2) is 17.8 Å². The second kappa shape index (κ2) is 8.68. The van der Waals surface area contributed by atoms with Crippen molar-refractivity contribution in [3.8, 4) is 11.5 Å². The van der Waals surface area contributed by atoms with E-state index in [4.69, 9.17) is 9.47 Å². The number of carbonyl (C=O) groups excluding carboxylic acids is 2. The number of methoxy groups -OCH3 is 1. The smallest absolute Gasteiger partial charge is 0.407 e. The number of aliphatic hydroxyl groups excluding tert-OH is 2. The molecule has 1 aromatic rings. The number of aliphatic hydroxyl groups is 2. The molecule has 0 bridgehead atoms. The molecule has 140 valence electrons. The number of carbonyl (C=O) groups is 2. The highest BCUT2D eigenvalue weighted by molar-refractivity contribution is 5.79. The molecule has 25 heavy (non-hydrogen) atoms. The van der Waals surface area contributed by atoms with Crippen LogP contribution < -0.4 is 10.1 Å². The number of ether oxygens (including phenoxy) is 2. The van der Waals surface area contributed by atoms with Crippen molar-refractivity contribution in [2.75, 3.05) is 13.7 Å². The van der Waals surface area contributed by atoms with Crippen molar-refractivity contribution in [2.45, 2.75) is 45.0 Å². The Balaban J connectivity index is 2.70. The maximum absolute atomic E-state index is 11.5. The fourth-order valence-electron chi connectivity index (χ4n) is 2.12. The molecule has 8 heteroatoms. The van der Waals surface area contributed by atoms with Crippen LogP contribution in [-0.2, 0) is 4.74 Å². The van der Waals surface area contributed by atoms with Gasteiger partial charge >= 0.3 is 6.09 Å². The second-order valence-corrected chi connectivity index (χ2v) is 6.50. The number of phenols is 1. The standard InChI is InChI=1S/C17H25NO7/c1-17(2,3)25-16(23)18-6-5-12(20)15(22)11-8-13(21)14(24-4)7-10(11)9-19/h7-9,12,15,20-22H,5-6H2,1-4H3,(H,18,23). The number of phenolic OH excluding ortho intramolecular Hbond substituents is 1. The highest BCUT2D eigenvalue weighted by Crippen LogP contribution is 2.33. The quantitative estimate of drug-likeness (QED) is 0.546. The Bertz CT molecular complexity index is 610. The van der Waals surface area contributed by atoms with Crippen LogP contribution in [0.3, 0.4) is 0 Å². The van der Waals surface area contributed by atoms with E-state index >= 15 is 0 Å². The highest BCUT2D eigenvalue weighted by Gasteiger charge is 2.23. The van der Waals surface area contributed by atoms with Gasteiger partial charge in [-0.25, -0.2) is 4.79 Å². The fourth-order valence-corrected chi connectivity index (χ4v) is 2.12. The van der Waals surface area contributed by atoms with Crippen LogP contribution in [0.5, 0.6) is 11.5 Å². The van der Waals surface area contributed by atoms with E-state index in [1.165, 1.54) is 13.2 Å². The number of hydrogen-bond donors (Lipinski definition) is 4. The number of benzene rings is 1. The zero-order valence-electron chi connectivity index (χ0n) is 14.8. The van der Waals surface area contributed by atoms with Gasteiger partial charge in [0.25, 0.3) is 0 Å². The molecule has 0 aliphatic rings. The van der Waals surface area contributed by atoms with Crippen molar-refractivity contribution < 1.29 is 34.4 Å². The predicted octanol–water partition coefficient (Wildman–Crippen LogP) is 1.52. The van der Waals surface area contributed by atoms with Crippen LogP contribution in [0.15, 0.2) is 12.1 Å². The van der Waals surface area contributed by atoms with E-state index in [9.17, 15) is 24.9 Å². The van der Waals surface area contributed by atoms with Crippen LogP contribution in [-0.4, -0.2) is 53.1 Å². The van der Waals surface area contributed by atoms with E-state index in [1.54, 1.807) is 20.8 Å². The summed E-state index contributed by atoms with van der Waals surface area (Å²) >= 11 is 0. The summed E-state index contributed by atoms with van der Waals surface area (Å²) in [6.45, 7) is 5.23. The average molecular weight is 355 g/mol. The van der Waals surface area contributed by atoms with Crippen LogP contribution in [0.2, 0.25) is 0 Å². The third kappa shape index (κ3) is 6.24. The molecule has 8 nitrogen and oxygen atoms in total. The van der Waals surface area contributed by atoms with E-state index in [2.05, 4.69) is 5.32 Å². The largest absolute Gasteiger partial charge is 0.504 e. The average Bonchev–Trinajstić information content (AvgIpc) is 2.52. The lowest BCUT2D eigenvalue weighted by Gasteiger charge is -2.22. The van der Waals surface area contributed by atoms with Crippen LogP contribution in [0, 0.1) is 0 Å². The summed E-state index contributed by atoms with van der Waals surface area (Å²) in [6, 6.07) is 2.43. The lowest BCUT2D eigenvalue weighted by Crippen LogP contribution is -2.34. The number of aromatic hydroxyl groups is 1. The van der Waals surface area contributed by atoms with Crippen LogP contribution in [0.25, 0.3) is 0 Å².